The Hall–Kier alpha value is 0.522. The molecule has 0 aliphatic rings. The van der Waals surface area contributed by atoms with Crippen LogP contribution in [0.25, 0.3) is 0 Å². The van der Waals surface area contributed by atoms with Gasteiger partial charge in [-0.2, -0.15) is 0 Å². The molecule has 0 aromatic heterocycles. The van der Waals surface area contributed by atoms with Gasteiger partial charge in [0, 0.05) is 17.1 Å². The van der Waals surface area contributed by atoms with Gasteiger partial charge in [0.2, 0.25) is 0 Å². The van der Waals surface area contributed by atoms with Crippen LogP contribution in [0, 0.1) is 0 Å². The van der Waals surface area contributed by atoms with Crippen LogP contribution in [0.2, 0.25) is 0 Å². The summed E-state index contributed by atoms with van der Waals surface area (Å²) in [5.74, 6) is 0. The van der Waals surface area contributed by atoms with E-state index >= 15 is 0 Å². The molecule has 0 radical (unpaired) electrons. The van der Waals surface area contributed by atoms with E-state index in [-0.39, 0.29) is 40.7 Å². The third-order valence-electron chi connectivity index (χ3n) is 1.42. The maximum absolute atomic E-state index is 9.90. The first-order chi connectivity index (χ1) is 5.54. The van der Waals surface area contributed by atoms with Crippen molar-refractivity contribution in [2.75, 3.05) is 6.61 Å². The van der Waals surface area contributed by atoms with Crippen LogP contribution >= 0.6 is 0 Å². The van der Waals surface area contributed by atoms with E-state index in [9.17, 15) is 4.79 Å². The van der Waals surface area contributed by atoms with E-state index in [4.69, 9.17) is 25.5 Å². The van der Waals surface area contributed by atoms with Crippen LogP contribution in [0.3, 0.4) is 0 Å². The van der Waals surface area contributed by atoms with Crippen LogP contribution < -0.4 is 0 Å². The zero-order valence-corrected chi connectivity index (χ0v) is 7.70. The summed E-state index contributed by atoms with van der Waals surface area (Å²) in [6.45, 7) is -0.760. The van der Waals surface area contributed by atoms with Gasteiger partial charge in [0.15, 0.2) is 23.6 Å². The Morgan fingerprint density at radius 2 is 1.50 bits per heavy atom. The monoisotopic (exact) mass is 266 g/mol. The average molecular weight is 266 g/mol. The van der Waals surface area contributed by atoms with Gasteiger partial charge >= 0.3 is 0 Å². The number of carbonyl (C=O) groups excluding carboxylic acids is 1. The fourth-order valence-corrected chi connectivity index (χ4v) is 0.618. The minimum Gasteiger partial charge on any atom is -0.394 e. The molecule has 8 heteroatoms. The number of aliphatic hydroxyl groups is 5. The molecule has 0 aliphatic heterocycles. The van der Waals surface area contributed by atoms with Crippen molar-refractivity contribution in [2.45, 2.75) is 24.4 Å². The van der Waals surface area contributed by atoms with Crippen molar-refractivity contribution in [1.29, 1.82) is 0 Å². The molecule has 5 N–H and O–H groups in total. The standard InChI is InChI=1S/C6H12O6.Al.Fe.3H/c7-1-3(9)5(11)6(12)4(10)2-8;;;;;/h1,3-6,8-12H,2H2;;;;;/t3-,4+,5+,6+;;;;;/m0...../s1. The van der Waals surface area contributed by atoms with Gasteiger partial charge in [-0.3, -0.25) is 0 Å². The SMILES string of the molecule is O=C[C@H](O)[C@@H](O)[C@H](O)[C@H](O)CO.[AlH3].[Fe]. The first kappa shape index (κ1) is 20.0. The molecule has 0 amide bonds. The van der Waals surface area contributed by atoms with E-state index in [2.05, 4.69) is 0 Å². The van der Waals surface area contributed by atoms with Crippen molar-refractivity contribution in [1.82, 2.24) is 0 Å². The fourth-order valence-electron chi connectivity index (χ4n) is 0.618. The van der Waals surface area contributed by atoms with Crippen LogP contribution in [0.15, 0.2) is 0 Å². The van der Waals surface area contributed by atoms with Crippen molar-refractivity contribution >= 4 is 23.6 Å². The molecule has 6 nitrogen and oxygen atoms in total. The summed E-state index contributed by atoms with van der Waals surface area (Å²) >= 11 is 0. The zero-order chi connectivity index (χ0) is 9.72. The first-order valence-electron chi connectivity index (χ1n) is 3.33. The zero-order valence-electron chi connectivity index (χ0n) is 6.59. The molecule has 0 aromatic rings. The molecule has 0 unspecified atom stereocenters. The Kier molecular flexibility index (Phi) is 14.4. The van der Waals surface area contributed by atoms with Gasteiger partial charge in [-0.05, 0) is 0 Å². The van der Waals surface area contributed by atoms with E-state index in [1.807, 2.05) is 0 Å². The molecular weight excluding hydrogens is 251 g/mol. The molecule has 0 bridgehead atoms. The third-order valence-corrected chi connectivity index (χ3v) is 1.42. The van der Waals surface area contributed by atoms with Gasteiger partial charge in [-0.15, -0.1) is 0 Å². The maximum atomic E-state index is 9.90. The average Bonchev–Trinajstić information content (AvgIpc) is 2.12. The largest absolute Gasteiger partial charge is 0.394 e. The number of aldehydes is 1. The smallest absolute Gasteiger partial charge is 0.187 e. The molecule has 0 rings (SSSR count). The summed E-state index contributed by atoms with van der Waals surface area (Å²) in [5, 5.41) is 43.5. The van der Waals surface area contributed by atoms with Crippen molar-refractivity contribution in [3.05, 3.63) is 0 Å². The molecule has 0 heterocycles. The normalized spacial score (nSPS) is 18.1. The Balaban J connectivity index is -0.000000605. The van der Waals surface area contributed by atoms with Crippen molar-refractivity contribution in [3.8, 4) is 0 Å². The number of rotatable bonds is 5. The van der Waals surface area contributed by atoms with Gasteiger partial charge in [0.05, 0.1) is 6.61 Å². The van der Waals surface area contributed by atoms with E-state index in [1.54, 1.807) is 0 Å². The molecule has 0 spiro atoms. The quantitative estimate of drug-likeness (QED) is 0.252. The van der Waals surface area contributed by atoms with Gasteiger partial charge in [0.25, 0.3) is 0 Å². The third kappa shape index (κ3) is 6.09. The Bertz CT molecular complexity index is 148. The predicted molar refractivity (Wildman–Crippen MR) is 47.1 cm³/mol. The summed E-state index contributed by atoms with van der Waals surface area (Å²) in [4.78, 5) is 9.90. The van der Waals surface area contributed by atoms with Crippen LogP contribution in [0.1, 0.15) is 0 Å². The molecule has 0 fully saturated rings. The topological polar surface area (TPSA) is 118 Å². The number of hydrogen-bond donors (Lipinski definition) is 5. The minimum atomic E-state index is -1.79. The van der Waals surface area contributed by atoms with Crippen LogP contribution in [-0.4, -0.2) is 80.2 Å². The predicted octanol–water partition coefficient (Wildman–Crippen LogP) is -4.57. The molecule has 86 valence electrons. The molecule has 0 saturated carbocycles. The van der Waals surface area contributed by atoms with Crippen LogP contribution in [-0.2, 0) is 21.9 Å². The second kappa shape index (κ2) is 10.1. The maximum Gasteiger partial charge on any atom is 0.187 e. The van der Waals surface area contributed by atoms with Crippen LogP contribution in [0.4, 0.5) is 0 Å². The summed E-state index contributed by atoms with van der Waals surface area (Å²) in [7, 11) is 0. The Morgan fingerprint density at radius 3 is 1.79 bits per heavy atom. The van der Waals surface area contributed by atoms with Crippen molar-refractivity contribution in [2.24, 2.45) is 0 Å². The van der Waals surface area contributed by atoms with E-state index in [0.29, 0.717) is 0 Å². The minimum absolute atomic E-state index is 0. The molecule has 0 aromatic carbocycles. The molecule has 4 atom stereocenters. The number of hydrogen-bond acceptors (Lipinski definition) is 6. The van der Waals surface area contributed by atoms with Crippen LogP contribution in [0.5, 0.6) is 0 Å². The van der Waals surface area contributed by atoms with E-state index in [0.717, 1.165) is 0 Å². The molecule has 0 aliphatic carbocycles. The first-order valence-corrected chi connectivity index (χ1v) is 3.33. The van der Waals surface area contributed by atoms with Gasteiger partial charge in [0.1, 0.15) is 24.4 Å². The Morgan fingerprint density at radius 1 is 1.07 bits per heavy atom. The van der Waals surface area contributed by atoms with Crippen molar-refractivity contribution < 1.29 is 47.4 Å². The number of aliphatic hydroxyl groups excluding tert-OH is 5. The summed E-state index contributed by atoms with van der Waals surface area (Å²) in [5.41, 5.74) is 0. The van der Waals surface area contributed by atoms with E-state index < -0.39 is 31.0 Å². The van der Waals surface area contributed by atoms with Gasteiger partial charge in [-0.1, -0.05) is 0 Å². The Labute approximate surface area is 102 Å². The van der Waals surface area contributed by atoms with Crippen molar-refractivity contribution in [3.63, 3.8) is 0 Å². The van der Waals surface area contributed by atoms with Gasteiger partial charge < -0.3 is 30.3 Å². The number of carbonyl (C=O) groups is 1. The van der Waals surface area contributed by atoms with E-state index in [1.165, 1.54) is 0 Å². The summed E-state index contributed by atoms with van der Waals surface area (Å²) < 4.78 is 0. The summed E-state index contributed by atoms with van der Waals surface area (Å²) in [6.07, 6.45) is -6.84. The second-order valence-electron chi connectivity index (χ2n) is 2.36. The summed E-state index contributed by atoms with van der Waals surface area (Å²) in [6, 6.07) is 0. The van der Waals surface area contributed by atoms with Gasteiger partial charge in [-0.25, -0.2) is 0 Å². The molecule has 0 saturated heterocycles. The second-order valence-corrected chi connectivity index (χ2v) is 2.36. The molecule has 14 heavy (non-hydrogen) atoms. The fraction of sp³-hybridized carbons (Fsp3) is 0.833. The molecular formula is C6H15AlFeO6.